The van der Waals surface area contributed by atoms with E-state index in [2.05, 4.69) is 36.2 Å². The van der Waals surface area contributed by atoms with Crippen molar-refractivity contribution in [2.24, 2.45) is 0 Å². The summed E-state index contributed by atoms with van der Waals surface area (Å²) in [7, 11) is 1.40. The summed E-state index contributed by atoms with van der Waals surface area (Å²) < 4.78 is 4.85. The Bertz CT molecular complexity index is 1020. The van der Waals surface area contributed by atoms with Crippen LogP contribution in [-0.2, 0) is 11.2 Å². The molecule has 3 rings (SSSR count). The van der Waals surface area contributed by atoms with Gasteiger partial charge in [-0.3, -0.25) is 0 Å². The fourth-order valence-corrected chi connectivity index (χ4v) is 3.65. The van der Waals surface area contributed by atoms with Gasteiger partial charge in [0.15, 0.2) is 0 Å². The van der Waals surface area contributed by atoms with Gasteiger partial charge in [0.2, 0.25) is 0 Å². The van der Waals surface area contributed by atoms with Crippen LogP contribution >= 0.6 is 11.6 Å². The molecule has 0 aliphatic heterocycles. The van der Waals surface area contributed by atoms with Crippen LogP contribution in [0.4, 0.5) is 0 Å². The smallest absolute Gasteiger partial charge is 0.337 e. The highest BCUT2D eigenvalue weighted by Gasteiger charge is 2.14. The first-order chi connectivity index (χ1) is 13.5. The molecule has 1 N–H and O–H groups in total. The molecule has 0 bridgehead atoms. The summed E-state index contributed by atoms with van der Waals surface area (Å²) in [5.74, 6) is -0.330. The molecule has 4 heteroatoms. The zero-order valence-electron chi connectivity index (χ0n) is 16.6. The first-order valence-electron chi connectivity index (χ1n) is 9.68. The zero-order valence-corrected chi connectivity index (χ0v) is 17.4. The molecule has 0 saturated carbocycles. The second-order valence-corrected chi connectivity index (χ2v) is 7.46. The number of carbonyl (C=O) groups excluding carboxylic acids is 1. The van der Waals surface area contributed by atoms with E-state index in [4.69, 9.17) is 16.3 Å². The topological polar surface area (TPSA) is 42.1 Å². The molecule has 0 saturated heterocycles. The van der Waals surface area contributed by atoms with Crippen LogP contribution in [0.5, 0.6) is 0 Å². The SMILES string of the molecule is CCCC/C=C/c1ccc(Cc2c(C)[nH]c3ccc(C(=O)OC)cc23)c(Cl)c1. The Kier molecular flexibility index (Phi) is 6.58. The fraction of sp³-hybridized carbons (Fsp3) is 0.292. The Hall–Kier alpha value is -2.52. The summed E-state index contributed by atoms with van der Waals surface area (Å²) in [4.78, 5) is 15.3. The number of halogens is 1. The maximum absolute atomic E-state index is 11.9. The van der Waals surface area contributed by atoms with Crippen molar-refractivity contribution in [2.45, 2.75) is 39.5 Å². The van der Waals surface area contributed by atoms with Gasteiger partial charge in [0.1, 0.15) is 0 Å². The number of allylic oxidation sites excluding steroid dienone is 1. The predicted octanol–water partition coefficient (Wildman–Crippen LogP) is 6.71. The van der Waals surface area contributed by atoms with Gasteiger partial charge in [0.05, 0.1) is 12.7 Å². The van der Waals surface area contributed by atoms with E-state index in [1.165, 1.54) is 20.0 Å². The lowest BCUT2D eigenvalue weighted by Gasteiger charge is -2.07. The van der Waals surface area contributed by atoms with Crippen molar-refractivity contribution < 1.29 is 9.53 Å². The van der Waals surface area contributed by atoms with Crippen molar-refractivity contribution in [3.63, 3.8) is 0 Å². The summed E-state index contributed by atoms with van der Waals surface area (Å²) in [6.45, 7) is 4.24. The number of aryl methyl sites for hydroxylation is 1. The molecule has 0 aliphatic rings. The van der Waals surface area contributed by atoms with Gasteiger partial charge in [0.25, 0.3) is 0 Å². The Morgan fingerprint density at radius 3 is 2.75 bits per heavy atom. The van der Waals surface area contributed by atoms with Crippen LogP contribution in [0.2, 0.25) is 5.02 Å². The Balaban J connectivity index is 1.88. The Labute approximate surface area is 171 Å². The number of aromatic nitrogens is 1. The first kappa shape index (κ1) is 20.2. The minimum atomic E-state index is -0.330. The van der Waals surface area contributed by atoms with Gasteiger partial charge < -0.3 is 9.72 Å². The van der Waals surface area contributed by atoms with Crippen molar-refractivity contribution in [1.29, 1.82) is 0 Å². The third kappa shape index (κ3) is 4.48. The predicted molar refractivity (Wildman–Crippen MR) is 117 cm³/mol. The number of esters is 1. The second-order valence-electron chi connectivity index (χ2n) is 7.05. The van der Waals surface area contributed by atoms with Crippen molar-refractivity contribution in [1.82, 2.24) is 4.98 Å². The number of hydrogen-bond acceptors (Lipinski definition) is 2. The molecule has 1 aromatic heterocycles. The van der Waals surface area contributed by atoms with E-state index < -0.39 is 0 Å². The number of benzene rings is 2. The monoisotopic (exact) mass is 395 g/mol. The quantitative estimate of drug-likeness (QED) is 0.356. The highest BCUT2D eigenvalue weighted by Crippen LogP contribution is 2.29. The maximum atomic E-state index is 11.9. The number of unbranched alkanes of at least 4 members (excludes halogenated alkanes) is 2. The molecular formula is C24H26ClNO2. The molecule has 28 heavy (non-hydrogen) atoms. The van der Waals surface area contributed by atoms with Gasteiger partial charge in [-0.15, -0.1) is 0 Å². The molecule has 146 valence electrons. The van der Waals surface area contributed by atoms with Gasteiger partial charge in [-0.05, 0) is 54.3 Å². The van der Waals surface area contributed by atoms with Crippen LogP contribution in [0.3, 0.4) is 0 Å². The Morgan fingerprint density at radius 1 is 1.21 bits per heavy atom. The van der Waals surface area contributed by atoms with Crippen LogP contribution in [-0.4, -0.2) is 18.1 Å². The molecule has 0 amide bonds. The number of hydrogen-bond donors (Lipinski definition) is 1. The van der Waals surface area contributed by atoms with Crippen LogP contribution in [0, 0.1) is 6.92 Å². The van der Waals surface area contributed by atoms with E-state index in [0.717, 1.165) is 44.7 Å². The van der Waals surface area contributed by atoms with Gasteiger partial charge in [0, 0.05) is 28.0 Å². The highest BCUT2D eigenvalue weighted by atomic mass is 35.5. The normalized spacial score (nSPS) is 11.4. The minimum absolute atomic E-state index is 0.330. The van der Waals surface area contributed by atoms with Crippen molar-refractivity contribution in [3.8, 4) is 0 Å². The summed E-state index contributed by atoms with van der Waals surface area (Å²) in [5.41, 5.74) is 5.97. The van der Waals surface area contributed by atoms with E-state index in [0.29, 0.717) is 12.0 Å². The lowest BCUT2D eigenvalue weighted by molar-refractivity contribution is 0.0601. The number of aromatic amines is 1. The lowest BCUT2D eigenvalue weighted by Crippen LogP contribution is -2.00. The van der Waals surface area contributed by atoms with Gasteiger partial charge >= 0.3 is 5.97 Å². The molecule has 0 atom stereocenters. The first-order valence-corrected chi connectivity index (χ1v) is 10.1. The van der Waals surface area contributed by atoms with E-state index >= 15 is 0 Å². The number of nitrogens with one attached hydrogen (secondary N) is 1. The molecule has 0 aliphatic carbocycles. The number of methoxy groups -OCH3 is 1. The third-order valence-corrected chi connectivity index (χ3v) is 5.37. The highest BCUT2D eigenvalue weighted by molar-refractivity contribution is 6.31. The van der Waals surface area contributed by atoms with Crippen LogP contribution in [0.25, 0.3) is 17.0 Å². The van der Waals surface area contributed by atoms with Crippen molar-refractivity contribution in [3.05, 3.63) is 75.4 Å². The maximum Gasteiger partial charge on any atom is 0.337 e. The average Bonchev–Trinajstić information content (AvgIpc) is 3.01. The molecule has 3 aromatic rings. The number of H-pyrrole nitrogens is 1. The molecule has 0 unspecified atom stereocenters. The minimum Gasteiger partial charge on any atom is -0.465 e. The second kappa shape index (κ2) is 9.11. The third-order valence-electron chi connectivity index (χ3n) is 5.02. The van der Waals surface area contributed by atoms with Gasteiger partial charge in [-0.1, -0.05) is 55.7 Å². The summed E-state index contributed by atoms with van der Waals surface area (Å²) in [5, 5.41) is 1.79. The van der Waals surface area contributed by atoms with E-state index in [1.54, 1.807) is 6.07 Å². The van der Waals surface area contributed by atoms with E-state index in [9.17, 15) is 4.79 Å². The molecule has 0 spiro atoms. The average molecular weight is 396 g/mol. The van der Waals surface area contributed by atoms with Gasteiger partial charge in [-0.2, -0.15) is 0 Å². The summed E-state index contributed by atoms with van der Waals surface area (Å²) in [6, 6.07) is 11.8. The number of carbonyl (C=O) groups is 1. The number of ether oxygens (including phenoxy) is 1. The molecular weight excluding hydrogens is 370 g/mol. The van der Waals surface area contributed by atoms with Crippen LogP contribution < -0.4 is 0 Å². The van der Waals surface area contributed by atoms with Crippen LogP contribution in [0.15, 0.2) is 42.5 Å². The standard InChI is InChI=1S/C24H26ClNO2/c1-4-5-6-7-8-17-9-10-18(22(25)13-17)14-20-16(2)26-23-12-11-19(15-21(20)23)24(27)28-3/h7-13,15,26H,4-6,14H2,1-3H3/b8-7+. The Morgan fingerprint density at radius 2 is 2.04 bits per heavy atom. The molecule has 2 aromatic carbocycles. The molecule has 0 radical (unpaired) electrons. The van der Waals surface area contributed by atoms with Crippen molar-refractivity contribution >= 4 is 34.5 Å². The van der Waals surface area contributed by atoms with Crippen molar-refractivity contribution in [2.75, 3.05) is 7.11 Å². The number of rotatable bonds is 7. The fourth-order valence-electron chi connectivity index (χ4n) is 3.40. The summed E-state index contributed by atoms with van der Waals surface area (Å²) >= 11 is 6.58. The number of fused-ring (bicyclic) bond motifs is 1. The largest absolute Gasteiger partial charge is 0.465 e. The molecule has 1 heterocycles. The van der Waals surface area contributed by atoms with Gasteiger partial charge in [-0.25, -0.2) is 4.79 Å². The molecule has 3 nitrogen and oxygen atoms in total. The summed E-state index contributed by atoms with van der Waals surface area (Å²) in [6.07, 6.45) is 8.53. The molecule has 0 fully saturated rings. The van der Waals surface area contributed by atoms with E-state index in [1.807, 2.05) is 25.1 Å². The lowest BCUT2D eigenvalue weighted by atomic mass is 9.99. The van der Waals surface area contributed by atoms with Crippen LogP contribution in [0.1, 0.15) is 58.9 Å². The van der Waals surface area contributed by atoms with E-state index in [-0.39, 0.29) is 5.97 Å². The zero-order chi connectivity index (χ0) is 20.1.